The molecule has 0 bridgehead atoms. The van der Waals surface area contributed by atoms with Gasteiger partial charge in [0.15, 0.2) is 0 Å². The summed E-state index contributed by atoms with van der Waals surface area (Å²) < 4.78 is 5.86. The van der Waals surface area contributed by atoms with Crippen molar-refractivity contribution in [1.29, 1.82) is 0 Å². The number of hydrogen-bond acceptors (Lipinski definition) is 2. The molecular formula is C14H29NO. The van der Waals surface area contributed by atoms with E-state index in [0.29, 0.717) is 16.9 Å². The molecule has 0 atom stereocenters. The Morgan fingerprint density at radius 2 is 1.56 bits per heavy atom. The van der Waals surface area contributed by atoms with Crippen molar-refractivity contribution in [2.24, 2.45) is 10.8 Å². The second-order valence-electron chi connectivity index (χ2n) is 7.56. The van der Waals surface area contributed by atoms with Gasteiger partial charge in [0.05, 0.1) is 6.10 Å². The molecule has 0 aliphatic carbocycles. The summed E-state index contributed by atoms with van der Waals surface area (Å²) in [5.41, 5.74) is 0.811. The molecule has 2 heteroatoms. The summed E-state index contributed by atoms with van der Waals surface area (Å²) in [5, 5.41) is 0. The Hall–Kier alpha value is -0.0800. The average molecular weight is 227 g/mol. The average Bonchev–Trinajstić information content (AvgIpc) is 1.94. The number of likely N-dealkylation sites (tertiary alicyclic amines) is 1. The van der Waals surface area contributed by atoms with Crippen LogP contribution in [0.1, 0.15) is 48.0 Å². The first-order valence-corrected chi connectivity index (χ1v) is 6.50. The fraction of sp³-hybridized carbons (Fsp3) is 1.00. The largest absolute Gasteiger partial charge is 0.376 e. The Morgan fingerprint density at radius 1 is 1.00 bits per heavy atom. The van der Waals surface area contributed by atoms with E-state index in [1.54, 1.807) is 0 Å². The molecule has 16 heavy (non-hydrogen) atoms. The molecule has 0 unspecified atom stereocenters. The SMILES string of the molecule is CC(C)(C)CCOC1CN(CC(C)(C)C)C1. The molecule has 0 saturated carbocycles. The molecule has 0 N–H and O–H groups in total. The third-order valence-electron chi connectivity index (χ3n) is 2.83. The third kappa shape index (κ3) is 5.86. The molecule has 1 saturated heterocycles. The van der Waals surface area contributed by atoms with E-state index in [1.165, 1.54) is 6.54 Å². The Kier molecular flexibility index (Phi) is 4.42. The minimum absolute atomic E-state index is 0.398. The molecule has 1 aliphatic heterocycles. The first kappa shape index (κ1) is 14.0. The first-order valence-electron chi connectivity index (χ1n) is 6.50. The molecule has 0 amide bonds. The van der Waals surface area contributed by atoms with Crippen molar-refractivity contribution in [3.8, 4) is 0 Å². The van der Waals surface area contributed by atoms with Crippen molar-refractivity contribution in [2.45, 2.75) is 54.1 Å². The van der Waals surface area contributed by atoms with E-state index in [1.807, 2.05) is 0 Å². The van der Waals surface area contributed by atoms with E-state index >= 15 is 0 Å². The van der Waals surface area contributed by atoms with Crippen LogP contribution < -0.4 is 0 Å². The summed E-state index contributed by atoms with van der Waals surface area (Å²) in [7, 11) is 0. The fourth-order valence-corrected chi connectivity index (χ4v) is 1.96. The van der Waals surface area contributed by atoms with Crippen LogP contribution in [0.3, 0.4) is 0 Å². The van der Waals surface area contributed by atoms with Gasteiger partial charge in [-0.1, -0.05) is 41.5 Å². The van der Waals surface area contributed by atoms with Gasteiger partial charge in [0.1, 0.15) is 0 Å². The normalized spacial score (nSPS) is 19.9. The van der Waals surface area contributed by atoms with Gasteiger partial charge in [-0.05, 0) is 17.3 Å². The molecule has 1 rings (SSSR count). The number of ether oxygens (including phenoxy) is 1. The van der Waals surface area contributed by atoms with Crippen LogP contribution in [-0.4, -0.2) is 37.2 Å². The molecule has 1 heterocycles. The zero-order valence-electron chi connectivity index (χ0n) is 12.0. The van der Waals surface area contributed by atoms with Crippen LogP contribution in [0.5, 0.6) is 0 Å². The molecule has 0 aromatic heterocycles. The summed E-state index contributed by atoms with van der Waals surface area (Å²) >= 11 is 0. The van der Waals surface area contributed by atoms with Crippen molar-refractivity contribution >= 4 is 0 Å². The molecular weight excluding hydrogens is 198 g/mol. The van der Waals surface area contributed by atoms with Gasteiger partial charge in [0.25, 0.3) is 0 Å². The number of nitrogens with zero attached hydrogens (tertiary/aromatic N) is 1. The van der Waals surface area contributed by atoms with Crippen LogP contribution >= 0.6 is 0 Å². The van der Waals surface area contributed by atoms with E-state index in [-0.39, 0.29) is 0 Å². The topological polar surface area (TPSA) is 12.5 Å². The van der Waals surface area contributed by atoms with Crippen LogP contribution in [0.25, 0.3) is 0 Å². The maximum atomic E-state index is 5.86. The van der Waals surface area contributed by atoms with Crippen LogP contribution in [0.2, 0.25) is 0 Å². The smallest absolute Gasteiger partial charge is 0.0828 e. The summed E-state index contributed by atoms with van der Waals surface area (Å²) in [5.74, 6) is 0. The van der Waals surface area contributed by atoms with Gasteiger partial charge in [0.2, 0.25) is 0 Å². The molecule has 0 aromatic carbocycles. The van der Waals surface area contributed by atoms with Crippen LogP contribution in [-0.2, 0) is 4.74 Å². The quantitative estimate of drug-likeness (QED) is 0.731. The monoisotopic (exact) mass is 227 g/mol. The maximum Gasteiger partial charge on any atom is 0.0828 e. The van der Waals surface area contributed by atoms with E-state index in [9.17, 15) is 0 Å². The van der Waals surface area contributed by atoms with Crippen molar-refractivity contribution in [3.05, 3.63) is 0 Å². The van der Waals surface area contributed by atoms with Gasteiger partial charge < -0.3 is 4.74 Å². The van der Waals surface area contributed by atoms with Gasteiger partial charge >= 0.3 is 0 Å². The summed E-state index contributed by atoms with van der Waals surface area (Å²) in [6, 6.07) is 0. The van der Waals surface area contributed by atoms with Gasteiger partial charge in [-0.3, -0.25) is 4.90 Å². The molecule has 1 aliphatic rings. The summed E-state index contributed by atoms with van der Waals surface area (Å²) in [4.78, 5) is 2.49. The Balaban J connectivity index is 2.04. The van der Waals surface area contributed by atoms with Gasteiger partial charge in [-0.2, -0.15) is 0 Å². The Labute approximate surface area is 101 Å². The predicted octanol–water partition coefficient (Wildman–Crippen LogP) is 3.17. The van der Waals surface area contributed by atoms with Crippen LogP contribution in [0.4, 0.5) is 0 Å². The minimum Gasteiger partial charge on any atom is -0.376 e. The first-order chi connectivity index (χ1) is 7.16. The highest BCUT2D eigenvalue weighted by Crippen LogP contribution is 2.22. The summed E-state index contributed by atoms with van der Waals surface area (Å²) in [6.07, 6.45) is 1.65. The van der Waals surface area contributed by atoms with Crippen molar-refractivity contribution in [1.82, 2.24) is 4.90 Å². The predicted molar refractivity (Wildman–Crippen MR) is 69.7 cm³/mol. The highest BCUT2D eigenvalue weighted by Gasteiger charge is 2.30. The standard InChI is InChI=1S/C14H29NO/c1-13(2,3)7-8-16-12-9-15(10-12)11-14(4,5)6/h12H,7-11H2,1-6H3. The van der Waals surface area contributed by atoms with Gasteiger partial charge in [0, 0.05) is 26.2 Å². The van der Waals surface area contributed by atoms with Crippen LogP contribution in [0, 0.1) is 10.8 Å². The zero-order valence-corrected chi connectivity index (χ0v) is 12.0. The molecule has 0 radical (unpaired) electrons. The third-order valence-corrected chi connectivity index (χ3v) is 2.83. The highest BCUT2D eigenvalue weighted by atomic mass is 16.5. The van der Waals surface area contributed by atoms with E-state index < -0.39 is 0 Å². The van der Waals surface area contributed by atoms with E-state index in [2.05, 4.69) is 46.4 Å². The number of rotatable bonds is 4. The Bertz CT molecular complexity index is 203. The second kappa shape index (κ2) is 5.05. The van der Waals surface area contributed by atoms with Gasteiger partial charge in [-0.15, -0.1) is 0 Å². The molecule has 0 aromatic rings. The molecule has 1 fully saturated rings. The molecule has 2 nitrogen and oxygen atoms in total. The second-order valence-corrected chi connectivity index (χ2v) is 7.56. The zero-order chi connectivity index (χ0) is 12.4. The lowest BCUT2D eigenvalue weighted by Gasteiger charge is -2.42. The summed E-state index contributed by atoms with van der Waals surface area (Å²) in [6.45, 7) is 18.0. The van der Waals surface area contributed by atoms with E-state index in [4.69, 9.17) is 4.74 Å². The lowest BCUT2D eigenvalue weighted by molar-refractivity contribution is -0.0693. The lowest BCUT2D eigenvalue weighted by Crippen LogP contribution is -2.54. The van der Waals surface area contributed by atoms with Crippen molar-refractivity contribution in [2.75, 3.05) is 26.2 Å². The number of hydrogen-bond donors (Lipinski definition) is 0. The molecule has 96 valence electrons. The fourth-order valence-electron chi connectivity index (χ4n) is 1.96. The van der Waals surface area contributed by atoms with E-state index in [0.717, 1.165) is 26.1 Å². The maximum absolute atomic E-state index is 5.86. The van der Waals surface area contributed by atoms with Crippen molar-refractivity contribution in [3.63, 3.8) is 0 Å². The van der Waals surface area contributed by atoms with Gasteiger partial charge in [-0.25, -0.2) is 0 Å². The minimum atomic E-state index is 0.398. The molecule has 0 spiro atoms. The lowest BCUT2D eigenvalue weighted by atomic mass is 9.93. The van der Waals surface area contributed by atoms with Crippen molar-refractivity contribution < 1.29 is 4.74 Å². The Morgan fingerprint density at radius 3 is 2.00 bits per heavy atom. The highest BCUT2D eigenvalue weighted by molar-refractivity contribution is 4.83. The van der Waals surface area contributed by atoms with Crippen LogP contribution in [0.15, 0.2) is 0 Å².